The minimum Gasteiger partial charge on any atom is -0.481 e. The molecule has 1 saturated heterocycles. The first-order chi connectivity index (χ1) is 11.5. The molecule has 0 aliphatic carbocycles. The molecular formula is C17H21N3O4. The molecule has 2 aromatic rings. The topological polar surface area (TPSA) is 95.7 Å². The summed E-state index contributed by atoms with van der Waals surface area (Å²) in [6.45, 7) is 3.14. The van der Waals surface area contributed by atoms with Crippen molar-refractivity contribution in [2.75, 3.05) is 24.5 Å². The normalized spacial score (nSPS) is 17.0. The number of carboxylic acid groups (broad SMARTS) is 1. The molecule has 24 heavy (non-hydrogen) atoms. The van der Waals surface area contributed by atoms with Crippen LogP contribution in [-0.2, 0) is 9.59 Å². The van der Waals surface area contributed by atoms with Crippen LogP contribution in [0.5, 0.6) is 0 Å². The molecule has 0 spiro atoms. The molecule has 1 unspecified atom stereocenters. The summed E-state index contributed by atoms with van der Waals surface area (Å²) in [5.41, 5.74) is 1.59. The zero-order valence-corrected chi connectivity index (χ0v) is 13.6. The van der Waals surface area contributed by atoms with Gasteiger partial charge in [-0.05, 0) is 25.0 Å². The third-order valence-electron chi connectivity index (χ3n) is 4.42. The minimum atomic E-state index is -0.902. The highest BCUT2D eigenvalue weighted by Gasteiger charge is 2.27. The number of carboxylic acids is 1. The third kappa shape index (κ3) is 3.50. The second-order valence-corrected chi connectivity index (χ2v) is 6.21. The van der Waals surface area contributed by atoms with E-state index in [9.17, 15) is 9.59 Å². The first kappa shape index (κ1) is 16.3. The van der Waals surface area contributed by atoms with Crippen LogP contribution in [0.25, 0.3) is 11.1 Å². The van der Waals surface area contributed by atoms with Gasteiger partial charge in [-0.2, -0.15) is 4.98 Å². The van der Waals surface area contributed by atoms with Gasteiger partial charge in [-0.25, -0.2) is 0 Å². The standard InChI is InChI=1S/C17H21N3O4/c1-11(16(22)23)10-18-15(21)12-6-8-20(9-7-12)17-19-13-4-2-3-5-14(13)24-17/h2-5,11-12H,6-10H2,1H3,(H,18,21)(H,22,23). The summed E-state index contributed by atoms with van der Waals surface area (Å²) in [6.07, 6.45) is 1.40. The molecular weight excluding hydrogens is 310 g/mol. The summed E-state index contributed by atoms with van der Waals surface area (Å²) < 4.78 is 5.76. The van der Waals surface area contributed by atoms with Crippen molar-refractivity contribution in [2.45, 2.75) is 19.8 Å². The maximum absolute atomic E-state index is 12.1. The van der Waals surface area contributed by atoms with E-state index in [0.29, 0.717) is 31.9 Å². The van der Waals surface area contributed by atoms with Crippen LogP contribution in [0.3, 0.4) is 0 Å². The monoisotopic (exact) mass is 331 g/mol. The molecule has 2 N–H and O–H groups in total. The van der Waals surface area contributed by atoms with E-state index in [2.05, 4.69) is 10.3 Å². The number of hydrogen-bond acceptors (Lipinski definition) is 5. The number of carbonyl (C=O) groups excluding carboxylic acids is 1. The molecule has 1 aliphatic rings. The van der Waals surface area contributed by atoms with Crippen LogP contribution in [-0.4, -0.2) is 41.6 Å². The van der Waals surface area contributed by atoms with E-state index in [0.717, 1.165) is 11.1 Å². The predicted octanol–water partition coefficient (Wildman–Crippen LogP) is 1.88. The van der Waals surface area contributed by atoms with Gasteiger partial charge in [0.05, 0.1) is 5.92 Å². The van der Waals surface area contributed by atoms with Gasteiger partial charge in [0.25, 0.3) is 6.01 Å². The average Bonchev–Trinajstić information content (AvgIpc) is 3.03. The van der Waals surface area contributed by atoms with E-state index < -0.39 is 11.9 Å². The highest BCUT2D eigenvalue weighted by molar-refractivity contribution is 5.80. The highest BCUT2D eigenvalue weighted by Crippen LogP contribution is 2.26. The molecule has 7 heteroatoms. The molecule has 1 fully saturated rings. The number of carbonyl (C=O) groups is 2. The number of fused-ring (bicyclic) bond motifs is 1. The lowest BCUT2D eigenvalue weighted by Crippen LogP contribution is -2.42. The quantitative estimate of drug-likeness (QED) is 0.868. The van der Waals surface area contributed by atoms with Crippen molar-refractivity contribution in [1.82, 2.24) is 10.3 Å². The number of piperidine rings is 1. The number of nitrogens with one attached hydrogen (secondary N) is 1. The summed E-state index contributed by atoms with van der Waals surface area (Å²) >= 11 is 0. The number of nitrogens with zero attached hydrogens (tertiary/aromatic N) is 2. The van der Waals surface area contributed by atoms with Gasteiger partial charge in [0.1, 0.15) is 5.52 Å². The van der Waals surface area contributed by atoms with Crippen LogP contribution in [0, 0.1) is 11.8 Å². The van der Waals surface area contributed by atoms with Gasteiger partial charge >= 0.3 is 5.97 Å². The number of rotatable bonds is 5. The van der Waals surface area contributed by atoms with E-state index in [1.165, 1.54) is 0 Å². The molecule has 1 aliphatic heterocycles. The Kier molecular flexibility index (Phi) is 4.69. The zero-order valence-electron chi connectivity index (χ0n) is 13.6. The van der Waals surface area contributed by atoms with Crippen LogP contribution < -0.4 is 10.2 Å². The van der Waals surface area contributed by atoms with Gasteiger partial charge < -0.3 is 19.7 Å². The maximum atomic E-state index is 12.1. The summed E-state index contributed by atoms with van der Waals surface area (Å²) in [6, 6.07) is 8.21. The van der Waals surface area contributed by atoms with Gasteiger partial charge in [0.2, 0.25) is 5.91 Å². The first-order valence-corrected chi connectivity index (χ1v) is 8.15. The second kappa shape index (κ2) is 6.90. The smallest absolute Gasteiger partial charge is 0.308 e. The number of para-hydroxylation sites is 2. The van der Waals surface area contributed by atoms with Gasteiger partial charge in [-0.3, -0.25) is 9.59 Å². The fourth-order valence-corrected chi connectivity index (χ4v) is 2.81. The lowest BCUT2D eigenvalue weighted by Gasteiger charge is -2.30. The Labute approximate surface area is 139 Å². The van der Waals surface area contributed by atoms with Crippen molar-refractivity contribution in [3.05, 3.63) is 24.3 Å². The lowest BCUT2D eigenvalue weighted by molar-refractivity contribution is -0.141. The number of hydrogen-bond donors (Lipinski definition) is 2. The Balaban J connectivity index is 1.53. The number of amides is 1. The third-order valence-corrected chi connectivity index (χ3v) is 4.42. The molecule has 0 saturated carbocycles. The minimum absolute atomic E-state index is 0.0692. The Hall–Kier alpha value is -2.57. The van der Waals surface area contributed by atoms with Crippen LogP contribution in [0.4, 0.5) is 6.01 Å². The molecule has 1 aromatic heterocycles. The highest BCUT2D eigenvalue weighted by atomic mass is 16.4. The molecule has 2 heterocycles. The van der Waals surface area contributed by atoms with Crippen molar-refractivity contribution >= 4 is 29.0 Å². The van der Waals surface area contributed by atoms with E-state index in [-0.39, 0.29) is 18.4 Å². The van der Waals surface area contributed by atoms with Crippen LogP contribution in [0.15, 0.2) is 28.7 Å². The van der Waals surface area contributed by atoms with Gasteiger partial charge in [-0.1, -0.05) is 19.1 Å². The van der Waals surface area contributed by atoms with Crippen LogP contribution in [0.2, 0.25) is 0 Å². The Bertz CT molecular complexity index is 701. The SMILES string of the molecule is CC(CNC(=O)C1CCN(c2nc3ccccc3o2)CC1)C(=O)O. The molecule has 0 radical (unpaired) electrons. The van der Waals surface area contributed by atoms with Gasteiger partial charge in [0.15, 0.2) is 5.58 Å². The number of benzene rings is 1. The van der Waals surface area contributed by atoms with E-state index >= 15 is 0 Å². The van der Waals surface area contributed by atoms with E-state index in [4.69, 9.17) is 9.52 Å². The largest absolute Gasteiger partial charge is 0.481 e. The Morgan fingerprint density at radius 2 is 2.08 bits per heavy atom. The van der Waals surface area contributed by atoms with E-state index in [1.807, 2.05) is 29.2 Å². The molecule has 1 aromatic carbocycles. The zero-order chi connectivity index (χ0) is 17.1. The molecule has 3 rings (SSSR count). The molecule has 7 nitrogen and oxygen atoms in total. The molecule has 1 atom stereocenters. The number of anilines is 1. The summed E-state index contributed by atoms with van der Waals surface area (Å²) in [5.74, 6) is -1.64. The van der Waals surface area contributed by atoms with Crippen LogP contribution in [0.1, 0.15) is 19.8 Å². The number of aliphatic carboxylic acids is 1. The number of aromatic nitrogens is 1. The van der Waals surface area contributed by atoms with Crippen LogP contribution >= 0.6 is 0 Å². The van der Waals surface area contributed by atoms with Crippen molar-refractivity contribution < 1.29 is 19.1 Å². The maximum Gasteiger partial charge on any atom is 0.308 e. The number of oxazole rings is 1. The Morgan fingerprint density at radius 1 is 1.38 bits per heavy atom. The van der Waals surface area contributed by atoms with Crippen molar-refractivity contribution in [3.8, 4) is 0 Å². The lowest BCUT2D eigenvalue weighted by atomic mass is 9.96. The summed E-state index contributed by atoms with van der Waals surface area (Å²) in [4.78, 5) is 29.5. The van der Waals surface area contributed by atoms with E-state index in [1.54, 1.807) is 6.92 Å². The fraction of sp³-hybridized carbons (Fsp3) is 0.471. The Morgan fingerprint density at radius 3 is 2.75 bits per heavy atom. The molecule has 1 amide bonds. The average molecular weight is 331 g/mol. The predicted molar refractivity (Wildman–Crippen MR) is 88.8 cm³/mol. The fourth-order valence-electron chi connectivity index (χ4n) is 2.81. The molecule has 128 valence electrons. The van der Waals surface area contributed by atoms with Crippen molar-refractivity contribution in [3.63, 3.8) is 0 Å². The summed E-state index contributed by atoms with van der Waals surface area (Å²) in [7, 11) is 0. The van der Waals surface area contributed by atoms with Crippen molar-refractivity contribution in [2.24, 2.45) is 11.8 Å². The van der Waals surface area contributed by atoms with Gasteiger partial charge in [0, 0.05) is 25.6 Å². The molecule has 0 bridgehead atoms. The van der Waals surface area contributed by atoms with Crippen molar-refractivity contribution in [1.29, 1.82) is 0 Å². The van der Waals surface area contributed by atoms with Gasteiger partial charge in [-0.15, -0.1) is 0 Å². The second-order valence-electron chi connectivity index (χ2n) is 6.21. The first-order valence-electron chi connectivity index (χ1n) is 8.15. The summed E-state index contributed by atoms with van der Waals surface area (Å²) in [5, 5.41) is 11.6.